The summed E-state index contributed by atoms with van der Waals surface area (Å²) in [4.78, 5) is 4.10. The Morgan fingerprint density at radius 2 is 2.10 bits per heavy atom. The Bertz CT molecular complexity index is 616. The second-order valence-electron chi connectivity index (χ2n) is 5.78. The van der Waals surface area contributed by atoms with E-state index in [4.69, 9.17) is 11.6 Å². The lowest BCUT2D eigenvalue weighted by Gasteiger charge is -2.18. The Hall–Kier alpha value is -1.07. The Morgan fingerprint density at radius 3 is 2.70 bits per heavy atom. The van der Waals surface area contributed by atoms with Crippen molar-refractivity contribution in [1.82, 2.24) is 14.8 Å². The van der Waals surface area contributed by atoms with Crippen LogP contribution in [0.1, 0.15) is 32.0 Å². The zero-order valence-electron chi connectivity index (χ0n) is 12.0. The van der Waals surface area contributed by atoms with E-state index >= 15 is 0 Å². The number of hydrogen-bond donors (Lipinski definition) is 1. The highest BCUT2D eigenvalue weighted by Crippen LogP contribution is 2.26. The number of rotatable bonds is 3. The van der Waals surface area contributed by atoms with Gasteiger partial charge in [-0.25, -0.2) is 4.98 Å². The van der Waals surface area contributed by atoms with Gasteiger partial charge in [-0.3, -0.25) is 4.68 Å². The zero-order chi connectivity index (χ0) is 14.9. The second kappa shape index (κ2) is 5.74. The van der Waals surface area contributed by atoms with Gasteiger partial charge in [0.25, 0.3) is 0 Å². The maximum atomic E-state index is 5.89. The molecule has 0 aliphatic carbocycles. The van der Waals surface area contributed by atoms with Gasteiger partial charge in [0, 0.05) is 30.8 Å². The average Bonchev–Trinajstić information content (AvgIpc) is 2.72. The van der Waals surface area contributed by atoms with E-state index in [9.17, 15) is 0 Å². The smallest absolute Gasteiger partial charge is 0.143 e. The zero-order valence-corrected chi connectivity index (χ0v) is 14.4. The summed E-state index contributed by atoms with van der Waals surface area (Å²) in [5, 5.41) is 8.37. The average molecular weight is 358 g/mol. The van der Waals surface area contributed by atoms with E-state index in [1.165, 1.54) is 5.56 Å². The summed E-state index contributed by atoms with van der Waals surface area (Å²) in [6.07, 6.45) is 3.77. The van der Waals surface area contributed by atoms with Gasteiger partial charge in [0.1, 0.15) is 5.15 Å². The van der Waals surface area contributed by atoms with Gasteiger partial charge >= 0.3 is 0 Å². The molecule has 20 heavy (non-hydrogen) atoms. The normalized spacial score (nSPS) is 11.7. The number of halogens is 2. The molecule has 0 fully saturated rings. The van der Waals surface area contributed by atoms with Crippen LogP contribution in [0.5, 0.6) is 0 Å². The molecule has 0 radical (unpaired) electrons. The number of aryl methyl sites for hydroxylation is 1. The molecule has 0 aliphatic rings. The van der Waals surface area contributed by atoms with Gasteiger partial charge in [0.05, 0.1) is 22.1 Å². The third-order valence-corrected chi connectivity index (χ3v) is 4.03. The van der Waals surface area contributed by atoms with E-state index in [2.05, 4.69) is 52.1 Å². The molecule has 0 aliphatic heterocycles. The molecule has 6 heteroatoms. The Labute approximate surface area is 132 Å². The van der Waals surface area contributed by atoms with Crippen molar-refractivity contribution in [3.8, 4) is 0 Å². The predicted molar refractivity (Wildman–Crippen MR) is 86.2 cm³/mol. The number of nitrogens with zero attached hydrogens (tertiary/aromatic N) is 3. The monoisotopic (exact) mass is 356 g/mol. The van der Waals surface area contributed by atoms with Crippen LogP contribution >= 0.6 is 27.5 Å². The van der Waals surface area contributed by atoms with E-state index in [-0.39, 0.29) is 5.41 Å². The maximum Gasteiger partial charge on any atom is 0.143 e. The SMILES string of the molecule is Cn1cc(CNc2cnc(Cl)c(Br)c2)c(C(C)(C)C)n1. The first kappa shape index (κ1) is 15.3. The number of nitrogens with one attached hydrogen (secondary N) is 1. The molecule has 0 amide bonds. The van der Waals surface area contributed by atoms with E-state index < -0.39 is 0 Å². The first-order valence-electron chi connectivity index (χ1n) is 6.35. The first-order valence-corrected chi connectivity index (χ1v) is 7.52. The van der Waals surface area contributed by atoms with Crippen molar-refractivity contribution >= 4 is 33.2 Å². The fourth-order valence-corrected chi connectivity index (χ4v) is 2.47. The minimum absolute atomic E-state index is 0.0249. The molecular formula is C14H18BrClN4. The molecular weight excluding hydrogens is 340 g/mol. The summed E-state index contributed by atoms with van der Waals surface area (Å²) in [5.41, 5.74) is 3.24. The number of anilines is 1. The number of hydrogen-bond acceptors (Lipinski definition) is 3. The van der Waals surface area contributed by atoms with Crippen LogP contribution in [-0.4, -0.2) is 14.8 Å². The van der Waals surface area contributed by atoms with Crippen molar-refractivity contribution in [2.24, 2.45) is 7.05 Å². The third-order valence-electron chi connectivity index (χ3n) is 2.89. The van der Waals surface area contributed by atoms with E-state index in [0.717, 1.165) is 15.9 Å². The molecule has 0 atom stereocenters. The summed E-state index contributed by atoms with van der Waals surface area (Å²) in [6.45, 7) is 7.20. The van der Waals surface area contributed by atoms with Crippen LogP contribution in [0, 0.1) is 0 Å². The van der Waals surface area contributed by atoms with Crippen LogP contribution in [0.4, 0.5) is 5.69 Å². The van der Waals surface area contributed by atoms with Crippen molar-refractivity contribution in [3.63, 3.8) is 0 Å². The van der Waals surface area contributed by atoms with Gasteiger partial charge in [-0.15, -0.1) is 0 Å². The molecule has 0 saturated carbocycles. The molecule has 0 unspecified atom stereocenters. The Balaban J connectivity index is 2.17. The van der Waals surface area contributed by atoms with Crippen molar-refractivity contribution in [3.05, 3.63) is 39.3 Å². The minimum Gasteiger partial charge on any atom is -0.380 e. The summed E-state index contributed by atoms with van der Waals surface area (Å²) in [7, 11) is 1.94. The summed E-state index contributed by atoms with van der Waals surface area (Å²) in [5.74, 6) is 0. The van der Waals surface area contributed by atoms with E-state index in [0.29, 0.717) is 11.7 Å². The Morgan fingerprint density at radius 1 is 1.40 bits per heavy atom. The summed E-state index contributed by atoms with van der Waals surface area (Å²) >= 11 is 9.26. The fraction of sp³-hybridized carbons (Fsp3) is 0.429. The van der Waals surface area contributed by atoms with Crippen LogP contribution in [0.3, 0.4) is 0 Å². The minimum atomic E-state index is 0.0249. The van der Waals surface area contributed by atoms with Crippen LogP contribution in [-0.2, 0) is 19.0 Å². The van der Waals surface area contributed by atoms with Gasteiger partial charge in [-0.1, -0.05) is 32.4 Å². The standard InChI is InChI=1S/C14H18BrClN4/c1-14(2,3)12-9(8-20(4)19-12)6-17-10-5-11(15)13(16)18-7-10/h5,7-8,17H,6H2,1-4H3. The lowest BCUT2D eigenvalue weighted by molar-refractivity contribution is 0.549. The molecule has 0 bridgehead atoms. The molecule has 0 aromatic carbocycles. The molecule has 2 aromatic heterocycles. The molecule has 2 rings (SSSR count). The van der Waals surface area contributed by atoms with Gasteiger partial charge in [0.15, 0.2) is 0 Å². The maximum absolute atomic E-state index is 5.89. The van der Waals surface area contributed by atoms with Gasteiger partial charge in [-0.2, -0.15) is 5.10 Å². The fourth-order valence-electron chi connectivity index (χ4n) is 2.01. The van der Waals surface area contributed by atoms with E-state index in [1.807, 2.05) is 24.0 Å². The molecule has 1 N–H and O–H groups in total. The predicted octanol–water partition coefficient (Wildman–Crippen LogP) is 4.14. The topological polar surface area (TPSA) is 42.7 Å². The van der Waals surface area contributed by atoms with Crippen LogP contribution < -0.4 is 5.32 Å². The van der Waals surface area contributed by atoms with Crippen LogP contribution in [0.2, 0.25) is 5.15 Å². The lowest BCUT2D eigenvalue weighted by Crippen LogP contribution is -2.16. The van der Waals surface area contributed by atoms with Gasteiger partial charge in [-0.05, 0) is 22.0 Å². The van der Waals surface area contributed by atoms with Crippen LogP contribution in [0.15, 0.2) is 22.9 Å². The number of pyridine rings is 1. The molecule has 0 spiro atoms. The molecule has 0 saturated heterocycles. The highest BCUT2D eigenvalue weighted by Gasteiger charge is 2.21. The molecule has 108 valence electrons. The quantitative estimate of drug-likeness (QED) is 0.840. The largest absolute Gasteiger partial charge is 0.380 e. The number of aromatic nitrogens is 3. The summed E-state index contributed by atoms with van der Waals surface area (Å²) < 4.78 is 2.64. The first-order chi connectivity index (χ1) is 9.27. The second-order valence-corrected chi connectivity index (χ2v) is 6.99. The lowest BCUT2D eigenvalue weighted by atomic mass is 9.89. The van der Waals surface area contributed by atoms with Crippen molar-refractivity contribution < 1.29 is 0 Å². The summed E-state index contributed by atoms with van der Waals surface area (Å²) in [6, 6.07) is 1.92. The van der Waals surface area contributed by atoms with Crippen molar-refractivity contribution in [2.75, 3.05) is 5.32 Å². The highest BCUT2D eigenvalue weighted by atomic mass is 79.9. The van der Waals surface area contributed by atoms with Crippen molar-refractivity contribution in [2.45, 2.75) is 32.7 Å². The van der Waals surface area contributed by atoms with Gasteiger partial charge in [0.2, 0.25) is 0 Å². The molecule has 4 nitrogen and oxygen atoms in total. The van der Waals surface area contributed by atoms with E-state index in [1.54, 1.807) is 6.20 Å². The van der Waals surface area contributed by atoms with Gasteiger partial charge < -0.3 is 5.32 Å². The third kappa shape index (κ3) is 3.52. The van der Waals surface area contributed by atoms with Crippen LogP contribution in [0.25, 0.3) is 0 Å². The molecule has 2 aromatic rings. The van der Waals surface area contributed by atoms with Crippen molar-refractivity contribution in [1.29, 1.82) is 0 Å². The Kier molecular flexibility index (Phi) is 4.39. The highest BCUT2D eigenvalue weighted by molar-refractivity contribution is 9.10. The molecule has 2 heterocycles.